The van der Waals surface area contributed by atoms with Gasteiger partial charge in [-0.05, 0) is 24.6 Å². The second kappa shape index (κ2) is 6.50. The summed E-state index contributed by atoms with van der Waals surface area (Å²) < 4.78 is 0. The van der Waals surface area contributed by atoms with Crippen molar-refractivity contribution in [1.29, 1.82) is 0 Å². The van der Waals surface area contributed by atoms with Gasteiger partial charge in [-0.3, -0.25) is 9.78 Å². The van der Waals surface area contributed by atoms with E-state index in [4.69, 9.17) is 5.11 Å². The van der Waals surface area contributed by atoms with Gasteiger partial charge in [0.05, 0.1) is 0 Å². The summed E-state index contributed by atoms with van der Waals surface area (Å²) in [4.78, 5) is 14.9. The number of nitrogens with one attached hydrogen (secondary N) is 1. The highest BCUT2D eigenvalue weighted by atomic mass is 16.4. The second-order valence-electron chi connectivity index (χ2n) is 5.43. The van der Waals surface area contributed by atoms with Gasteiger partial charge in [0, 0.05) is 30.3 Å². The number of rotatable bonds is 7. The molecule has 0 aliphatic heterocycles. The summed E-state index contributed by atoms with van der Waals surface area (Å²) in [5.74, 6) is -0.602. The summed E-state index contributed by atoms with van der Waals surface area (Å²) in [7, 11) is 0. The van der Waals surface area contributed by atoms with Crippen molar-refractivity contribution < 1.29 is 9.90 Å². The Labute approximate surface area is 108 Å². The van der Waals surface area contributed by atoms with Crippen LogP contribution in [0.4, 0.5) is 0 Å². The summed E-state index contributed by atoms with van der Waals surface area (Å²) in [6.45, 7) is 7.69. The minimum absolute atomic E-state index is 0.0514. The van der Waals surface area contributed by atoms with Crippen LogP contribution in [-0.4, -0.2) is 29.1 Å². The smallest absolute Gasteiger partial charge is 0.303 e. The van der Waals surface area contributed by atoms with Crippen molar-refractivity contribution in [2.75, 3.05) is 13.1 Å². The van der Waals surface area contributed by atoms with E-state index in [9.17, 15) is 4.79 Å². The highest BCUT2D eigenvalue weighted by Gasteiger charge is 2.21. The average Bonchev–Trinajstić information content (AvgIpc) is 2.29. The van der Waals surface area contributed by atoms with Crippen molar-refractivity contribution in [2.45, 2.75) is 32.6 Å². The van der Waals surface area contributed by atoms with E-state index in [0.717, 1.165) is 12.2 Å². The van der Waals surface area contributed by atoms with Crippen LogP contribution in [0.2, 0.25) is 0 Å². The van der Waals surface area contributed by atoms with E-state index in [2.05, 4.69) is 24.1 Å². The highest BCUT2D eigenvalue weighted by Crippen LogP contribution is 2.19. The van der Waals surface area contributed by atoms with Gasteiger partial charge in [0.1, 0.15) is 0 Å². The van der Waals surface area contributed by atoms with E-state index in [1.165, 1.54) is 0 Å². The lowest BCUT2D eigenvalue weighted by Gasteiger charge is -2.25. The fraction of sp³-hybridized carbons (Fsp3) is 0.571. The summed E-state index contributed by atoms with van der Waals surface area (Å²) in [5, 5.41) is 12.0. The monoisotopic (exact) mass is 250 g/mol. The molecule has 0 saturated carbocycles. The lowest BCUT2D eigenvalue weighted by Crippen LogP contribution is -2.36. The lowest BCUT2D eigenvalue weighted by molar-refractivity contribution is -0.137. The Morgan fingerprint density at radius 2 is 2.22 bits per heavy atom. The van der Waals surface area contributed by atoms with Gasteiger partial charge in [0.25, 0.3) is 0 Å². The maximum atomic E-state index is 10.6. The molecular formula is C14H22N2O2. The molecule has 0 fully saturated rings. The van der Waals surface area contributed by atoms with Crippen molar-refractivity contribution in [3.8, 4) is 0 Å². The van der Waals surface area contributed by atoms with E-state index in [1.54, 1.807) is 6.20 Å². The molecule has 0 saturated heterocycles. The van der Waals surface area contributed by atoms with E-state index in [-0.39, 0.29) is 17.8 Å². The first-order valence-corrected chi connectivity index (χ1v) is 6.26. The molecule has 4 heteroatoms. The number of hydrogen-bond donors (Lipinski definition) is 2. The van der Waals surface area contributed by atoms with Gasteiger partial charge in [-0.15, -0.1) is 0 Å². The standard InChI is InChI=1S/C14H22N2O2/c1-11(8-13(17)18)9-15-10-14(2,3)12-6-4-5-7-16-12/h4-7,11,15H,8-10H2,1-3H3,(H,17,18). The van der Waals surface area contributed by atoms with Crippen LogP contribution in [0.5, 0.6) is 0 Å². The predicted molar refractivity (Wildman–Crippen MR) is 71.5 cm³/mol. The zero-order valence-electron chi connectivity index (χ0n) is 11.3. The van der Waals surface area contributed by atoms with Crippen LogP contribution in [-0.2, 0) is 10.2 Å². The van der Waals surface area contributed by atoms with Gasteiger partial charge >= 0.3 is 5.97 Å². The third-order valence-electron chi connectivity index (χ3n) is 2.94. The van der Waals surface area contributed by atoms with Crippen LogP contribution in [0, 0.1) is 5.92 Å². The molecule has 1 aromatic heterocycles. The molecule has 0 aromatic carbocycles. The molecule has 4 nitrogen and oxygen atoms in total. The molecule has 0 amide bonds. The highest BCUT2D eigenvalue weighted by molar-refractivity contribution is 5.66. The molecule has 0 aliphatic rings. The van der Waals surface area contributed by atoms with Gasteiger partial charge in [-0.2, -0.15) is 0 Å². The number of carboxylic acids is 1. The third kappa shape index (κ3) is 4.84. The molecule has 1 aromatic rings. The summed E-state index contributed by atoms with van der Waals surface area (Å²) in [6.07, 6.45) is 2.00. The molecule has 0 bridgehead atoms. The molecule has 2 N–H and O–H groups in total. The Bertz CT molecular complexity index is 377. The summed E-state index contributed by atoms with van der Waals surface area (Å²) in [6, 6.07) is 5.90. The average molecular weight is 250 g/mol. The van der Waals surface area contributed by atoms with Crippen LogP contribution in [0.25, 0.3) is 0 Å². The lowest BCUT2D eigenvalue weighted by atomic mass is 9.88. The van der Waals surface area contributed by atoms with Crippen molar-refractivity contribution in [1.82, 2.24) is 10.3 Å². The molecule has 1 rings (SSSR count). The minimum Gasteiger partial charge on any atom is -0.481 e. The zero-order chi connectivity index (χ0) is 13.6. The Morgan fingerprint density at radius 3 is 2.78 bits per heavy atom. The van der Waals surface area contributed by atoms with Crippen molar-refractivity contribution in [3.05, 3.63) is 30.1 Å². The first kappa shape index (κ1) is 14.6. The largest absolute Gasteiger partial charge is 0.481 e. The predicted octanol–water partition coefficient (Wildman–Crippen LogP) is 2.06. The first-order chi connectivity index (χ1) is 8.42. The Balaban J connectivity index is 2.41. The van der Waals surface area contributed by atoms with Crippen LogP contribution < -0.4 is 5.32 Å². The van der Waals surface area contributed by atoms with Crippen LogP contribution in [0.15, 0.2) is 24.4 Å². The number of pyridine rings is 1. The fourth-order valence-corrected chi connectivity index (χ4v) is 1.85. The number of carbonyl (C=O) groups is 1. The summed E-state index contributed by atoms with van der Waals surface area (Å²) in [5.41, 5.74) is 0.993. The van der Waals surface area contributed by atoms with Crippen molar-refractivity contribution in [2.24, 2.45) is 5.92 Å². The molecule has 0 aliphatic carbocycles. The quantitative estimate of drug-likeness (QED) is 0.777. The van der Waals surface area contributed by atoms with Crippen LogP contribution in [0.3, 0.4) is 0 Å². The molecule has 0 spiro atoms. The van der Waals surface area contributed by atoms with Gasteiger partial charge in [-0.1, -0.05) is 26.8 Å². The topological polar surface area (TPSA) is 62.2 Å². The van der Waals surface area contributed by atoms with Gasteiger partial charge in [0.15, 0.2) is 0 Å². The molecule has 0 radical (unpaired) electrons. The molecule has 1 atom stereocenters. The van der Waals surface area contributed by atoms with Gasteiger partial charge in [0.2, 0.25) is 0 Å². The number of aliphatic carboxylic acids is 1. The number of aromatic nitrogens is 1. The zero-order valence-corrected chi connectivity index (χ0v) is 11.3. The first-order valence-electron chi connectivity index (χ1n) is 6.26. The summed E-state index contributed by atoms with van der Waals surface area (Å²) >= 11 is 0. The van der Waals surface area contributed by atoms with Crippen molar-refractivity contribution in [3.63, 3.8) is 0 Å². The van der Waals surface area contributed by atoms with E-state index >= 15 is 0 Å². The Morgan fingerprint density at radius 1 is 1.50 bits per heavy atom. The van der Waals surface area contributed by atoms with Gasteiger partial charge in [-0.25, -0.2) is 0 Å². The molecule has 1 unspecified atom stereocenters. The van der Waals surface area contributed by atoms with Gasteiger partial charge < -0.3 is 10.4 Å². The normalized spacial score (nSPS) is 13.3. The number of carboxylic acid groups (broad SMARTS) is 1. The Hall–Kier alpha value is -1.42. The maximum Gasteiger partial charge on any atom is 0.303 e. The molecule has 18 heavy (non-hydrogen) atoms. The minimum atomic E-state index is -0.742. The van der Waals surface area contributed by atoms with Crippen LogP contribution in [0.1, 0.15) is 32.9 Å². The van der Waals surface area contributed by atoms with E-state index in [1.807, 2.05) is 25.1 Å². The molecular weight excluding hydrogens is 228 g/mol. The Kier molecular flexibility index (Phi) is 5.28. The second-order valence-corrected chi connectivity index (χ2v) is 5.43. The van der Waals surface area contributed by atoms with Crippen LogP contribution >= 0.6 is 0 Å². The number of nitrogens with zero attached hydrogens (tertiary/aromatic N) is 1. The maximum absolute atomic E-state index is 10.6. The third-order valence-corrected chi connectivity index (χ3v) is 2.94. The fourth-order valence-electron chi connectivity index (χ4n) is 1.85. The van der Waals surface area contributed by atoms with E-state index < -0.39 is 5.97 Å². The SMILES string of the molecule is CC(CNCC(C)(C)c1ccccn1)CC(=O)O. The number of hydrogen-bond acceptors (Lipinski definition) is 3. The molecule has 100 valence electrons. The molecule has 1 heterocycles. The van der Waals surface area contributed by atoms with Crippen molar-refractivity contribution >= 4 is 5.97 Å². The van der Waals surface area contributed by atoms with E-state index in [0.29, 0.717) is 6.54 Å².